The van der Waals surface area contributed by atoms with Crippen molar-refractivity contribution in [2.45, 2.75) is 6.92 Å². The van der Waals surface area contributed by atoms with E-state index in [1.807, 2.05) is 19.1 Å². The molecule has 0 saturated carbocycles. The average Bonchev–Trinajstić information content (AvgIpc) is 2.29. The number of methoxy groups -OCH3 is 1. The van der Waals surface area contributed by atoms with Crippen molar-refractivity contribution in [3.63, 3.8) is 0 Å². The van der Waals surface area contributed by atoms with Crippen molar-refractivity contribution in [1.29, 1.82) is 0 Å². The van der Waals surface area contributed by atoms with E-state index < -0.39 is 6.09 Å². The van der Waals surface area contributed by atoms with Crippen molar-refractivity contribution in [3.05, 3.63) is 29.3 Å². The van der Waals surface area contributed by atoms with E-state index in [4.69, 9.17) is 5.73 Å². The maximum absolute atomic E-state index is 11.0. The van der Waals surface area contributed by atoms with Gasteiger partial charge in [-0.15, -0.1) is 0 Å². The van der Waals surface area contributed by atoms with E-state index in [9.17, 15) is 4.79 Å². The van der Waals surface area contributed by atoms with Crippen LogP contribution in [0.25, 0.3) is 0 Å². The summed E-state index contributed by atoms with van der Waals surface area (Å²) in [5.74, 6) is 5.69. The lowest BCUT2D eigenvalue weighted by molar-refractivity contribution is 0.187. The average molecular weight is 218 g/mol. The Labute approximate surface area is 94.8 Å². The van der Waals surface area contributed by atoms with Gasteiger partial charge in [-0.3, -0.25) is 5.32 Å². The minimum Gasteiger partial charge on any atom is -0.453 e. The number of hydrogen-bond donors (Lipinski definition) is 2. The summed E-state index contributed by atoms with van der Waals surface area (Å²) in [5.41, 5.74) is 7.79. The Morgan fingerprint density at radius 1 is 1.56 bits per heavy atom. The van der Waals surface area contributed by atoms with Crippen LogP contribution in [0, 0.1) is 18.8 Å². The molecule has 0 spiro atoms. The fraction of sp³-hybridized carbons (Fsp3) is 0.250. The minimum absolute atomic E-state index is 0.335. The van der Waals surface area contributed by atoms with Gasteiger partial charge in [0.2, 0.25) is 0 Å². The van der Waals surface area contributed by atoms with Gasteiger partial charge in [0.05, 0.1) is 13.7 Å². The highest BCUT2D eigenvalue weighted by Gasteiger charge is 2.03. The van der Waals surface area contributed by atoms with Gasteiger partial charge in [-0.05, 0) is 30.7 Å². The molecular formula is C12H14N2O2. The van der Waals surface area contributed by atoms with Crippen LogP contribution in [-0.4, -0.2) is 19.7 Å². The summed E-state index contributed by atoms with van der Waals surface area (Å²) in [6.07, 6.45) is -0.483. The van der Waals surface area contributed by atoms with E-state index in [0.717, 1.165) is 11.1 Å². The fourth-order valence-electron chi connectivity index (χ4n) is 1.20. The second-order valence-electron chi connectivity index (χ2n) is 3.15. The molecule has 0 aromatic heterocycles. The molecule has 0 bridgehead atoms. The molecule has 1 aromatic rings. The van der Waals surface area contributed by atoms with Crippen molar-refractivity contribution in [3.8, 4) is 11.8 Å². The number of nitrogens with one attached hydrogen (secondary N) is 1. The maximum Gasteiger partial charge on any atom is 0.411 e. The number of aryl methyl sites for hydroxylation is 1. The third-order valence-corrected chi connectivity index (χ3v) is 1.98. The predicted octanol–water partition coefficient (Wildman–Crippen LogP) is 1.48. The standard InChI is InChI=1S/C12H14N2O2/c1-9-8-10(4-3-7-13)5-6-11(9)14-12(15)16-2/h5-6,8H,7,13H2,1-2H3,(H,14,15). The molecule has 0 fully saturated rings. The summed E-state index contributed by atoms with van der Waals surface area (Å²) in [4.78, 5) is 11.0. The minimum atomic E-state index is -0.483. The maximum atomic E-state index is 11.0. The smallest absolute Gasteiger partial charge is 0.411 e. The first-order chi connectivity index (χ1) is 7.67. The fourth-order valence-corrected chi connectivity index (χ4v) is 1.20. The van der Waals surface area contributed by atoms with Crippen molar-refractivity contribution in [2.75, 3.05) is 19.0 Å². The lowest BCUT2D eigenvalue weighted by Gasteiger charge is -2.07. The van der Waals surface area contributed by atoms with Crippen LogP contribution >= 0.6 is 0 Å². The zero-order valence-corrected chi connectivity index (χ0v) is 9.33. The van der Waals surface area contributed by atoms with E-state index in [1.54, 1.807) is 6.07 Å². The van der Waals surface area contributed by atoms with Crippen LogP contribution in [0.2, 0.25) is 0 Å². The molecular weight excluding hydrogens is 204 g/mol. The zero-order chi connectivity index (χ0) is 12.0. The number of rotatable bonds is 1. The second-order valence-corrected chi connectivity index (χ2v) is 3.15. The van der Waals surface area contributed by atoms with Crippen LogP contribution in [0.3, 0.4) is 0 Å². The molecule has 84 valence electrons. The molecule has 0 saturated heterocycles. The molecule has 1 rings (SSSR count). The van der Waals surface area contributed by atoms with Crippen LogP contribution in [0.15, 0.2) is 18.2 Å². The van der Waals surface area contributed by atoms with E-state index in [1.165, 1.54) is 7.11 Å². The van der Waals surface area contributed by atoms with E-state index in [2.05, 4.69) is 21.9 Å². The Hall–Kier alpha value is -1.99. The van der Waals surface area contributed by atoms with Crippen molar-refractivity contribution >= 4 is 11.8 Å². The Bertz CT molecular complexity index is 444. The molecule has 0 aliphatic rings. The third kappa shape index (κ3) is 3.30. The van der Waals surface area contributed by atoms with E-state index in [-0.39, 0.29) is 0 Å². The van der Waals surface area contributed by atoms with Gasteiger partial charge in [0.15, 0.2) is 0 Å². The largest absolute Gasteiger partial charge is 0.453 e. The molecule has 1 amide bonds. The van der Waals surface area contributed by atoms with Crippen LogP contribution in [0.4, 0.5) is 10.5 Å². The first kappa shape index (κ1) is 12.1. The van der Waals surface area contributed by atoms with Gasteiger partial charge >= 0.3 is 6.09 Å². The summed E-state index contributed by atoms with van der Waals surface area (Å²) in [5, 5.41) is 2.61. The number of hydrogen-bond acceptors (Lipinski definition) is 3. The number of anilines is 1. The second kappa shape index (κ2) is 5.79. The summed E-state index contributed by atoms with van der Waals surface area (Å²) >= 11 is 0. The highest BCUT2D eigenvalue weighted by atomic mass is 16.5. The van der Waals surface area contributed by atoms with Gasteiger partial charge in [-0.25, -0.2) is 4.79 Å². The molecule has 16 heavy (non-hydrogen) atoms. The number of amides is 1. The molecule has 1 aromatic carbocycles. The first-order valence-electron chi connectivity index (χ1n) is 4.82. The summed E-state index contributed by atoms with van der Waals surface area (Å²) < 4.78 is 4.51. The van der Waals surface area contributed by atoms with Gasteiger partial charge in [0, 0.05) is 11.3 Å². The van der Waals surface area contributed by atoms with Crippen LogP contribution in [0.1, 0.15) is 11.1 Å². The Morgan fingerprint density at radius 3 is 2.88 bits per heavy atom. The Kier molecular flexibility index (Phi) is 4.37. The monoisotopic (exact) mass is 218 g/mol. The summed E-state index contributed by atoms with van der Waals surface area (Å²) in [6.45, 7) is 2.22. The topological polar surface area (TPSA) is 64.3 Å². The van der Waals surface area contributed by atoms with Gasteiger partial charge < -0.3 is 10.5 Å². The van der Waals surface area contributed by atoms with Crippen molar-refractivity contribution < 1.29 is 9.53 Å². The van der Waals surface area contributed by atoms with Crippen LogP contribution in [-0.2, 0) is 4.74 Å². The van der Waals surface area contributed by atoms with E-state index >= 15 is 0 Å². The third-order valence-electron chi connectivity index (χ3n) is 1.98. The number of benzene rings is 1. The molecule has 4 heteroatoms. The van der Waals surface area contributed by atoms with Crippen LogP contribution in [0.5, 0.6) is 0 Å². The van der Waals surface area contributed by atoms with Gasteiger partial charge in [0.1, 0.15) is 0 Å². The van der Waals surface area contributed by atoms with Gasteiger partial charge in [0.25, 0.3) is 0 Å². The number of carbonyl (C=O) groups excluding carboxylic acids is 1. The molecule has 0 aliphatic carbocycles. The molecule has 0 atom stereocenters. The molecule has 0 unspecified atom stereocenters. The predicted molar refractivity (Wildman–Crippen MR) is 63.1 cm³/mol. The van der Waals surface area contributed by atoms with Crippen molar-refractivity contribution in [1.82, 2.24) is 0 Å². The Morgan fingerprint density at radius 2 is 2.31 bits per heavy atom. The molecule has 0 aliphatic heterocycles. The van der Waals surface area contributed by atoms with Crippen molar-refractivity contribution in [2.24, 2.45) is 5.73 Å². The summed E-state index contributed by atoms with van der Waals surface area (Å²) in [7, 11) is 1.33. The van der Waals surface area contributed by atoms with Gasteiger partial charge in [-0.2, -0.15) is 0 Å². The Balaban J connectivity index is 2.87. The molecule has 3 N–H and O–H groups in total. The van der Waals surface area contributed by atoms with Gasteiger partial charge in [-0.1, -0.05) is 11.8 Å². The zero-order valence-electron chi connectivity index (χ0n) is 9.33. The molecule has 4 nitrogen and oxygen atoms in total. The SMILES string of the molecule is COC(=O)Nc1ccc(C#CCN)cc1C. The molecule has 0 heterocycles. The lowest BCUT2D eigenvalue weighted by Crippen LogP contribution is -2.11. The number of nitrogens with two attached hydrogens (primary N) is 1. The van der Waals surface area contributed by atoms with Crippen LogP contribution < -0.4 is 11.1 Å². The normalized spacial score (nSPS) is 8.94. The number of ether oxygens (including phenoxy) is 1. The lowest BCUT2D eigenvalue weighted by atomic mass is 10.1. The van der Waals surface area contributed by atoms with E-state index in [0.29, 0.717) is 12.2 Å². The first-order valence-corrected chi connectivity index (χ1v) is 4.82. The number of carbonyl (C=O) groups is 1. The quantitative estimate of drug-likeness (QED) is 0.702. The highest BCUT2D eigenvalue weighted by Crippen LogP contribution is 2.16. The summed E-state index contributed by atoms with van der Waals surface area (Å²) in [6, 6.07) is 5.49. The molecule has 0 radical (unpaired) electrons. The highest BCUT2D eigenvalue weighted by molar-refractivity contribution is 5.85.